The Morgan fingerprint density at radius 3 is 2.50 bits per heavy atom. The minimum Gasteiger partial charge on any atom is -0.363 e. The van der Waals surface area contributed by atoms with Crippen molar-refractivity contribution >= 4 is 5.82 Å². The molecule has 0 aliphatic rings. The zero-order chi connectivity index (χ0) is 14.5. The van der Waals surface area contributed by atoms with Crippen LogP contribution in [0.15, 0.2) is 42.5 Å². The number of aromatic nitrogens is 1. The van der Waals surface area contributed by atoms with Crippen LogP contribution in [0.4, 0.5) is 5.82 Å². The number of nitrogens with one attached hydrogen (secondary N) is 1. The molecule has 102 valence electrons. The Morgan fingerprint density at radius 2 is 1.85 bits per heavy atom. The summed E-state index contributed by atoms with van der Waals surface area (Å²) in [5, 5.41) is 12.4. The highest BCUT2D eigenvalue weighted by atomic mass is 15.0. The summed E-state index contributed by atoms with van der Waals surface area (Å²) in [5.74, 6) is 1.16. The maximum Gasteiger partial charge on any atom is 0.142 e. The normalized spacial score (nSPS) is 11.9. The summed E-state index contributed by atoms with van der Waals surface area (Å²) in [6.45, 7) is 6.47. The molecule has 0 saturated heterocycles. The number of rotatable bonds is 4. The van der Waals surface area contributed by atoms with Gasteiger partial charge in [0, 0.05) is 0 Å². The van der Waals surface area contributed by atoms with Crippen molar-refractivity contribution in [2.45, 2.75) is 26.8 Å². The van der Waals surface area contributed by atoms with Crippen molar-refractivity contribution in [3.63, 3.8) is 0 Å². The van der Waals surface area contributed by atoms with E-state index in [4.69, 9.17) is 5.26 Å². The zero-order valence-corrected chi connectivity index (χ0v) is 12.1. The SMILES string of the molecule is Cc1ccccc1C(Nc1cccc(C#N)n1)C(C)C. The minimum absolute atomic E-state index is 0.178. The fourth-order valence-corrected chi connectivity index (χ4v) is 2.28. The number of pyridine rings is 1. The lowest BCUT2D eigenvalue weighted by molar-refractivity contribution is 0.542. The fourth-order valence-electron chi connectivity index (χ4n) is 2.28. The molecule has 1 aromatic heterocycles. The summed E-state index contributed by atoms with van der Waals surface area (Å²) in [6.07, 6.45) is 0. The molecule has 0 aliphatic heterocycles. The van der Waals surface area contributed by atoms with Gasteiger partial charge in [0.2, 0.25) is 0 Å². The van der Waals surface area contributed by atoms with E-state index in [2.05, 4.69) is 55.3 Å². The number of aryl methyl sites for hydroxylation is 1. The molecule has 3 heteroatoms. The molecule has 0 radical (unpaired) electrons. The van der Waals surface area contributed by atoms with Crippen LogP contribution in [0.5, 0.6) is 0 Å². The predicted octanol–water partition coefficient (Wildman–Crippen LogP) is 4.07. The summed E-state index contributed by atoms with van der Waals surface area (Å²) < 4.78 is 0. The van der Waals surface area contributed by atoms with Crippen LogP contribution in [-0.2, 0) is 0 Å². The van der Waals surface area contributed by atoms with Gasteiger partial charge in [-0.25, -0.2) is 4.98 Å². The van der Waals surface area contributed by atoms with Crippen LogP contribution in [0, 0.1) is 24.2 Å². The van der Waals surface area contributed by atoms with Gasteiger partial charge in [-0.2, -0.15) is 5.26 Å². The Labute approximate surface area is 120 Å². The summed E-state index contributed by atoms with van der Waals surface area (Å²) in [6, 6.07) is 16.1. The topological polar surface area (TPSA) is 48.7 Å². The Bertz CT molecular complexity index is 626. The average molecular weight is 265 g/mol. The third kappa shape index (κ3) is 3.16. The first-order valence-corrected chi connectivity index (χ1v) is 6.81. The molecule has 0 spiro atoms. The Hall–Kier alpha value is -2.34. The summed E-state index contributed by atoms with van der Waals surface area (Å²) in [4.78, 5) is 4.30. The van der Waals surface area contributed by atoms with Gasteiger partial charge in [-0.05, 0) is 36.1 Å². The molecule has 0 bridgehead atoms. The van der Waals surface area contributed by atoms with E-state index in [1.165, 1.54) is 11.1 Å². The molecule has 1 aromatic carbocycles. The van der Waals surface area contributed by atoms with E-state index in [-0.39, 0.29) is 6.04 Å². The smallest absolute Gasteiger partial charge is 0.142 e. The fraction of sp³-hybridized carbons (Fsp3) is 0.294. The summed E-state index contributed by atoms with van der Waals surface area (Å²) in [5.41, 5.74) is 2.96. The van der Waals surface area contributed by atoms with Crippen LogP contribution in [0.2, 0.25) is 0 Å². The Morgan fingerprint density at radius 1 is 1.10 bits per heavy atom. The molecule has 3 nitrogen and oxygen atoms in total. The highest BCUT2D eigenvalue weighted by Crippen LogP contribution is 2.28. The van der Waals surface area contributed by atoms with Crippen LogP contribution in [0.3, 0.4) is 0 Å². The van der Waals surface area contributed by atoms with Crippen LogP contribution in [0.1, 0.15) is 36.7 Å². The largest absolute Gasteiger partial charge is 0.363 e. The van der Waals surface area contributed by atoms with Gasteiger partial charge in [-0.1, -0.05) is 44.2 Å². The second-order valence-corrected chi connectivity index (χ2v) is 5.24. The average Bonchev–Trinajstić information content (AvgIpc) is 2.45. The van der Waals surface area contributed by atoms with Gasteiger partial charge in [0.1, 0.15) is 17.6 Å². The van der Waals surface area contributed by atoms with Gasteiger partial charge in [-0.15, -0.1) is 0 Å². The van der Waals surface area contributed by atoms with E-state index in [1.807, 2.05) is 18.2 Å². The van der Waals surface area contributed by atoms with Gasteiger partial charge < -0.3 is 5.32 Å². The zero-order valence-electron chi connectivity index (χ0n) is 12.1. The van der Waals surface area contributed by atoms with Crippen molar-refractivity contribution in [2.24, 2.45) is 5.92 Å². The van der Waals surface area contributed by atoms with Crippen LogP contribution in [-0.4, -0.2) is 4.98 Å². The quantitative estimate of drug-likeness (QED) is 0.906. The van der Waals surface area contributed by atoms with Gasteiger partial charge >= 0.3 is 0 Å². The third-order valence-electron chi connectivity index (χ3n) is 3.36. The second kappa shape index (κ2) is 6.21. The molecule has 2 aromatic rings. The van der Waals surface area contributed by atoms with E-state index in [9.17, 15) is 0 Å². The first-order chi connectivity index (χ1) is 9.61. The highest BCUT2D eigenvalue weighted by Gasteiger charge is 2.17. The number of nitriles is 1. The standard InChI is InChI=1S/C17H19N3/c1-12(2)17(15-9-5-4-7-13(15)3)20-16-10-6-8-14(11-18)19-16/h4-10,12,17H,1-3H3,(H,19,20). The number of nitrogens with zero attached hydrogens (tertiary/aromatic N) is 2. The first kappa shape index (κ1) is 14.1. The maximum atomic E-state index is 8.93. The molecule has 0 amide bonds. The van der Waals surface area contributed by atoms with Crippen molar-refractivity contribution in [3.8, 4) is 6.07 Å². The van der Waals surface area contributed by atoms with Gasteiger partial charge in [0.05, 0.1) is 6.04 Å². The maximum absolute atomic E-state index is 8.93. The number of anilines is 1. The van der Waals surface area contributed by atoms with Crippen LogP contribution in [0.25, 0.3) is 0 Å². The summed E-state index contributed by atoms with van der Waals surface area (Å²) in [7, 11) is 0. The predicted molar refractivity (Wildman–Crippen MR) is 81.3 cm³/mol. The molecule has 0 fully saturated rings. The molecular weight excluding hydrogens is 246 g/mol. The Balaban J connectivity index is 2.31. The van der Waals surface area contributed by atoms with Gasteiger partial charge in [-0.3, -0.25) is 0 Å². The van der Waals surface area contributed by atoms with Crippen molar-refractivity contribution in [2.75, 3.05) is 5.32 Å². The monoisotopic (exact) mass is 265 g/mol. The van der Waals surface area contributed by atoms with Crippen molar-refractivity contribution in [1.82, 2.24) is 4.98 Å². The minimum atomic E-state index is 0.178. The van der Waals surface area contributed by atoms with Crippen molar-refractivity contribution in [3.05, 3.63) is 59.3 Å². The number of hydrogen-bond acceptors (Lipinski definition) is 3. The van der Waals surface area contributed by atoms with Gasteiger partial charge in [0.15, 0.2) is 0 Å². The van der Waals surface area contributed by atoms with Crippen molar-refractivity contribution in [1.29, 1.82) is 5.26 Å². The lowest BCUT2D eigenvalue weighted by Gasteiger charge is -2.25. The molecule has 2 rings (SSSR count). The van der Waals surface area contributed by atoms with Crippen LogP contribution < -0.4 is 5.32 Å². The molecule has 20 heavy (non-hydrogen) atoms. The van der Waals surface area contributed by atoms with E-state index in [0.29, 0.717) is 11.6 Å². The lowest BCUT2D eigenvalue weighted by atomic mass is 9.92. The second-order valence-electron chi connectivity index (χ2n) is 5.24. The van der Waals surface area contributed by atoms with Crippen molar-refractivity contribution < 1.29 is 0 Å². The van der Waals surface area contributed by atoms with E-state index in [1.54, 1.807) is 6.07 Å². The molecular formula is C17H19N3. The molecule has 0 saturated carbocycles. The van der Waals surface area contributed by atoms with E-state index < -0.39 is 0 Å². The molecule has 1 heterocycles. The highest BCUT2D eigenvalue weighted by molar-refractivity contribution is 5.43. The Kier molecular flexibility index (Phi) is 4.37. The molecule has 0 aliphatic carbocycles. The lowest BCUT2D eigenvalue weighted by Crippen LogP contribution is -2.18. The first-order valence-electron chi connectivity index (χ1n) is 6.81. The van der Waals surface area contributed by atoms with E-state index >= 15 is 0 Å². The van der Waals surface area contributed by atoms with E-state index in [0.717, 1.165) is 5.82 Å². The van der Waals surface area contributed by atoms with Crippen LogP contribution >= 0.6 is 0 Å². The molecule has 1 atom stereocenters. The number of hydrogen-bond donors (Lipinski definition) is 1. The molecule has 1 unspecified atom stereocenters. The molecule has 1 N–H and O–H groups in total. The number of benzene rings is 1. The summed E-state index contributed by atoms with van der Waals surface area (Å²) >= 11 is 0. The van der Waals surface area contributed by atoms with Gasteiger partial charge in [0.25, 0.3) is 0 Å². The third-order valence-corrected chi connectivity index (χ3v) is 3.36.